The molecule has 5 heteroatoms. The fraction of sp³-hybridized carbons (Fsp3) is 0.333. The molecule has 0 saturated carbocycles. The molecule has 0 aliphatic carbocycles. The molecule has 0 atom stereocenters. The monoisotopic (exact) mass is 272 g/mol. The lowest BCUT2D eigenvalue weighted by Crippen LogP contribution is -2.15. The summed E-state index contributed by atoms with van der Waals surface area (Å²) in [6.45, 7) is 3.80. The van der Waals surface area contributed by atoms with E-state index in [1.165, 1.54) is 0 Å². The Balaban J connectivity index is 2.13. The third-order valence-corrected chi connectivity index (χ3v) is 3.01. The van der Waals surface area contributed by atoms with E-state index in [0.29, 0.717) is 5.95 Å². The van der Waals surface area contributed by atoms with Crippen LogP contribution >= 0.6 is 0 Å². The first kappa shape index (κ1) is 14.3. The highest BCUT2D eigenvalue weighted by atomic mass is 16.5. The third-order valence-electron chi connectivity index (χ3n) is 3.01. The van der Waals surface area contributed by atoms with Gasteiger partial charge in [0.1, 0.15) is 5.75 Å². The first-order valence-electron chi connectivity index (χ1n) is 6.64. The number of ether oxygens (including phenoxy) is 1. The number of nitrogens with zero attached hydrogens (tertiary/aromatic N) is 3. The molecule has 0 radical (unpaired) electrons. The van der Waals surface area contributed by atoms with Gasteiger partial charge in [-0.2, -0.15) is 0 Å². The maximum atomic E-state index is 5.23. The molecule has 0 aliphatic heterocycles. The molecule has 0 unspecified atom stereocenters. The Labute approximate surface area is 119 Å². The maximum Gasteiger partial charge on any atom is 0.229 e. The van der Waals surface area contributed by atoms with Crippen molar-refractivity contribution in [2.45, 2.75) is 13.5 Å². The second kappa shape index (κ2) is 6.86. The van der Waals surface area contributed by atoms with Crippen molar-refractivity contribution in [3.63, 3.8) is 0 Å². The number of aromatic nitrogens is 2. The third kappa shape index (κ3) is 3.45. The number of hydrogen-bond acceptors (Lipinski definition) is 5. The number of methoxy groups -OCH3 is 1. The van der Waals surface area contributed by atoms with Crippen molar-refractivity contribution in [2.75, 3.05) is 25.6 Å². The van der Waals surface area contributed by atoms with Crippen LogP contribution in [0.4, 0.5) is 11.6 Å². The van der Waals surface area contributed by atoms with Crippen LogP contribution in [0, 0.1) is 0 Å². The van der Waals surface area contributed by atoms with Crippen molar-refractivity contribution in [1.29, 1.82) is 0 Å². The largest absolute Gasteiger partial charge is 0.497 e. The zero-order chi connectivity index (χ0) is 14.4. The topological polar surface area (TPSA) is 50.3 Å². The second-order valence-electron chi connectivity index (χ2n) is 4.43. The highest BCUT2D eigenvalue weighted by molar-refractivity contribution is 5.58. The smallest absolute Gasteiger partial charge is 0.229 e. The molecule has 1 heterocycles. The minimum atomic E-state index is 0.665. The maximum absolute atomic E-state index is 5.23. The van der Waals surface area contributed by atoms with Gasteiger partial charge in [0.15, 0.2) is 0 Å². The Kier molecular flexibility index (Phi) is 4.90. The van der Waals surface area contributed by atoms with Gasteiger partial charge in [0.25, 0.3) is 0 Å². The zero-order valence-electron chi connectivity index (χ0n) is 12.1. The van der Waals surface area contributed by atoms with E-state index in [9.17, 15) is 0 Å². The summed E-state index contributed by atoms with van der Waals surface area (Å²) < 4.78 is 5.23. The number of benzene rings is 1. The van der Waals surface area contributed by atoms with E-state index < -0.39 is 0 Å². The van der Waals surface area contributed by atoms with Gasteiger partial charge in [0, 0.05) is 43.3 Å². The van der Waals surface area contributed by atoms with Crippen LogP contribution in [0.2, 0.25) is 0 Å². The summed E-state index contributed by atoms with van der Waals surface area (Å²) >= 11 is 0. The molecule has 2 aromatic rings. The second-order valence-corrected chi connectivity index (χ2v) is 4.43. The van der Waals surface area contributed by atoms with Gasteiger partial charge < -0.3 is 15.0 Å². The molecule has 1 aromatic heterocycles. The first-order valence-corrected chi connectivity index (χ1v) is 6.64. The Hall–Kier alpha value is -2.14. The summed E-state index contributed by atoms with van der Waals surface area (Å²) in [5, 5.41) is 3.25. The molecule has 20 heavy (non-hydrogen) atoms. The van der Waals surface area contributed by atoms with Crippen LogP contribution < -0.4 is 15.0 Å². The van der Waals surface area contributed by atoms with Crippen LogP contribution in [0.5, 0.6) is 5.75 Å². The zero-order valence-corrected chi connectivity index (χ0v) is 12.1. The van der Waals surface area contributed by atoms with Crippen LogP contribution in [0.3, 0.4) is 0 Å². The van der Waals surface area contributed by atoms with Gasteiger partial charge in [-0.05, 0) is 18.7 Å². The van der Waals surface area contributed by atoms with E-state index in [-0.39, 0.29) is 0 Å². The van der Waals surface area contributed by atoms with Gasteiger partial charge in [0.05, 0.1) is 7.11 Å². The van der Waals surface area contributed by atoms with Crippen LogP contribution in [0.1, 0.15) is 12.5 Å². The molecule has 0 fully saturated rings. The lowest BCUT2D eigenvalue weighted by Gasteiger charge is -2.17. The predicted octanol–water partition coefficient (Wildman–Crippen LogP) is 2.36. The molecule has 106 valence electrons. The van der Waals surface area contributed by atoms with E-state index >= 15 is 0 Å². The summed E-state index contributed by atoms with van der Waals surface area (Å²) in [5.41, 5.74) is 2.07. The molecule has 0 aliphatic rings. The molecule has 0 saturated heterocycles. The van der Waals surface area contributed by atoms with Gasteiger partial charge in [-0.15, -0.1) is 0 Å². The number of nitrogens with one attached hydrogen (secondary N) is 1. The van der Waals surface area contributed by atoms with Gasteiger partial charge >= 0.3 is 0 Å². The minimum Gasteiger partial charge on any atom is -0.497 e. The van der Waals surface area contributed by atoms with Crippen LogP contribution in [-0.4, -0.2) is 30.7 Å². The molecule has 1 N–H and O–H groups in total. The Bertz CT molecular complexity index is 542. The van der Waals surface area contributed by atoms with E-state index in [4.69, 9.17) is 4.74 Å². The number of hydrogen-bond donors (Lipinski definition) is 1. The molecule has 0 bridgehead atoms. The molecule has 0 spiro atoms. The van der Waals surface area contributed by atoms with Crippen LogP contribution in [0.15, 0.2) is 36.7 Å². The fourth-order valence-corrected chi connectivity index (χ4v) is 1.82. The fourth-order valence-electron chi connectivity index (χ4n) is 1.82. The van der Waals surface area contributed by atoms with Crippen molar-refractivity contribution in [2.24, 2.45) is 0 Å². The molecule has 1 aromatic carbocycles. The average Bonchev–Trinajstić information content (AvgIpc) is 2.52. The van der Waals surface area contributed by atoms with E-state index in [2.05, 4.69) is 22.2 Å². The van der Waals surface area contributed by atoms with Crippen LogP contribution in [0.25, 0.3) is 0 Å². The number of rotatable bonds is 6. The van der Waals surface area contributed by atoms with Gasteiger partial charge in [-0.25, -0.2) is 9.97 Å². The normalized spacial score (nSPS) is 10.3. The van der Waals surface area contributed by atoms with Crippen molar-refractivity contribution in [3.8, 4) is 5.75 Å². The molecule has 2 rings (SSSR count). The summed E-state index contributed by atoms with van der Waals surface area (Å²) in [6.07, 6.45) is 3.70. The lowest BCUT2D eigenvalue weighted by molar-refractivity contribution is 0.415. The van der Waals surface area contributed by atoms with Crippen LogP contribution in [-0.2, 0) is 6.54 Å². The Morgan fingerprint density at radius 3 is 2.65 bits per heavy atom. The van der Waals surface area contributed by atoms with Gasteiger partial charge in [0.2, 0.25) is 5.95 Å². The van der Waals surface area contributed by atoms with E-state index in [1.807, 2.05) is 48.6 Å². The summed E-state index contributed by atoms with van der Waals surface area (Å²) in [7, 11) is 3.60. The highest BCUT2D eigenvalue weighted by Crippen LogP contribution is 2.24. The standard InChI is InChI=1S/C15H20N4O/c1-4-16-9-12-10-17-15(18-11-12)19(2)13-6-5-7-14(8-13)20-3/h5-8,10-11,16H,4,9H2,1-3H3. The highest BCUT2D eigenvalue weighted by Gasteiger charge is 2.07. The minimum absolute atomic E-state index is 0.665. The summed E-state index contributed by atoms with van der Waals surface area (Å²) in [4.78, 5) is 10.7. The van der Waals surface area contributed by atoms with E-state index in [1.54, 1.807) is 7.11 Å². The molecular formula is C15H20N4O. The molecular weight excluding hydrogens is 252 g/mol. The number of anilines is 2. The molecule has 0 amide bonds. The lowest BCUT2D eigenvalue weighted by atomic mass is 10.3. The quantitative estimate of drug-likeness (QED) is 0.875. The average molecular weight is 272 g/mol. The van der Waals surface area contributed by atoms with Crippen molar-refractivity contribution in [3.05, 3.63) is 42.2 Å². The summed E-state index contributed by atoms with van der Waals surface area (Å²) in [5.74, 6) is 1.48. The van der Waals surface area contributed by atoms with E-state index in [0.717, 1.165) is 30.1 Å². The Morgan fingerprint density at radius 1 is 1.25 bits per heavy atom. The SMILES string of the molecule is CCNCc1cnc(N(C)c2cccc(OC)c2)nc1. The van der Waals surface area contributed by atoms with Gasteiger partial charge in [-0.3, -0.25) is 0 Å². The first-order chi connectivity index (χ1) is 9.74. The van der Waals surface area contributed by atoms with Crippen molar-refractivity contribution in [1.82, 2.24) is 15.3 Å². The molecule has 5 nitrogen and oxygen atoms in total. The summed E-state index contributed by atoms with van der Waals surface area (Å²) in [6, 6.07) is 7.82. The van der Waals surface area contributed by atoms with Crippen molar-refractivity contribution < 1.29 is 4.74 Å². The Morgan fingerprint density at radius 2 is 2.00 bits per heavy atom. The van der Waals surface area contributed by atoms with Crippen molar-refractivity contribution >= 4 is 11.6 Å². The van der Waals surface area contributed by atoms with Gasteiger partial charge in [-0.1, -0.05) is 13.0 Å². The predicted molar refractivity (Wildman–Crippen MR) is 80.5 cm³/mol.